The third kappa shape index (κ3) is 5.92. The summed E-state index contributed by atoms with van der Waals surface area (Å²) in [5.74, 6) is -0.205. The van der Waals surface area contributed by atoms with Gasteiger partial charge in [-0.3, -0.25) is 29.8 Å². The first kappa shape index (κ1) is 24.5. The van der Waals surface area contributed by atoms with Gasteiger partial charge < -0.3 is 15.4 Å². The highest BCUT2D eigenvalue weighted by Crippen LogP contribution is 2.27. The molecule has 4 aromatic carbocycles. The predicted octanol–water partition coefficient (Wildman–Crippen LogP) is 5.80. The van der Waals surface area contributed by atoms with E-state index >= 15 is 0 Å². The number of hydrogen-bond donors (Lipinski definition) is 2. The molecule has 0 radical (unpaired) electrons. The number of anilines is 2. The summed E-state index contributed by atoms with van der Waals surface area (Å²) in [5, 5.41) is 27.3. The van der Waals surface area contributed by atoms with Gasteiger partial charge in [-0.05, 0) is 60.7 Å². The summed E-state index contributed by atoms with van der Waals surface area (Å²) in [6.45, 7) is 0. The smallest absolute Gasteiger partial charge is 0.292 e. The van der Waals surface area contributed by atoms with Gasteiger partial charge in [0.1, 0.15) is 22.9 Å². The lowest BCUT2D eigenvalue weighted by Gasteiger charge is -2.09. The van der Waals surface area contributed by atoms with Gasteiger partial charge in [-0.15, -0.1) is 0 Å². The van der Waals surface area contributed by atoms with Gasteiger partial charge in [0.15, 0.2) is 0 Å². The zero-order valence-electron chi connectivity index (χ0n) is 19.0. The van der Waals surface area contributed by atoms with Crippen molar-refractivity contribution < 1.29 is 24.2 Å². The molecule has 2 amide bonds. The number of ether oxygens (including phenoxy) is 1. The summed E-state index contributed by atoms with van der Waals surface area (Å²) < 4.78 is 5.74. The van der Waals surface area contributed by atoms with Gasteiger partial charge in [0.05, 0.1) is 9.85 Å². The van der Waals surface area contributed by atoms with Crippen LogP contribution in [-0.4, -0.2) is 21.7 Å². The van der Waals surface area contributed by atoms with Crippen molar-refractivity contribution in [3.05, 3.63) is 128 Å². The molecular weight excluding hydrogens is 480 g/mol. The molecule has 184 valence electrons. The van der Waals surface area contributed by atoms with Crippen LogP contribution in [0.3, 0.4) is 0 Å². The number of nitrogens with one attached hydrogen (secondary N) is 2. The van der Waals surface area contributed by atoms with E-state index in [1.54, 1.807) is 36.4 Å². The Morgan fingerprint density at radius 2 is 0.919 bits per heavy atom. The van der Waals surface area contributed by atoms with Gasteiger partial charge in [-0.25, -0.2) is 0 Å². The molecule has 11 nitrogen and oxygen atoms in total. The average molecular weight is 498 g/mol. The number of benzene rings is 4. The molecule has 0 atom stereocenters. The Labute approximate surface area is 209 Å². The van der Waals surface area contributed by atoms with Crippen molar-refractivity contribution in [1.29, 1.82) is 0 Å². The number of nitro benzene ring substituents is 2. The minimum Gasteiger partial charge on any atom is -0.457 e. The second-order valence-electron chi connectivity index (χ2n) is 7.61. The minimum atomic E-state index is -0.576. The van der Waals surface area contributed by atoms with E-state index in [1.807, 2.05) is 0 Å². The van der Waals surface area contributed by atoms with Crippen molar-refractivity contribution in [2.24, 2.45) is 0 Å². The third-order valence-electron chi connectivity index (χ3n) is 5.17. The maximum Gasteiger partial charge on any atom is 0.292 e. The monoisotopic (exact) mass is 498 g/mol. The zero-order valence-corrected chi connectivity index (χ0v) is 19.0. The van der Waals surface area contributed by atoms with Crippen LogP contribution in [0.1, 0.15) is 20.7 Å². The van der Waals surface area contributed by atoms with Crippen LogP contribution >= 0.6 is 0 Å². The molecule has 0 aromatic heterocycles. The van der Waals surface area contributed by atoms with Gasteiger partial charge in [0, 0.05) is 23.3 Å². The van der Waals surface area contributed by atoms with Crippen molar-refractivity contribution in [3.63, 3.8) is 0 Å². The lowest BCUT2D eigenvalue weighted by Crippen LogP contribution is -2.13. The highest BCUT2D eigenvalue weighted by molar-refractivity contribution is 6.06. The SMILES string of the molecule is O=C(Nc1ccccc1[N+](=O)[O-])c1ccc(Oc2ccc(C(=O)Nc3ccccc3[N+](=O)[O-])cc2)cc1. The molecule has 0 aliphatic heterocycles. The summed E-state index contributed by atoms with van der Waals surface area (Å²) in [6, 6.07) is 23.9. The topological polar surface area (TPSA) is 154 Å². The molecule has 0 aliphatic rings. The van der Waals surface area contributed by atoms with Gasteiger partial charge in [-0.2, -0.15) is 0 Å². The molecule has 0 heterocycles. The second-order valence-corrected chi connectivity index (χ2v) is 7.61. The van der Waals surface area contributed by atoms with E-state index in [4.69, 9.17) is 4.74 Å². The van der Waals surface area contributed by atoms with Crippen LogP contribution in [-0.2, 0) is 0 Å². The predicted molar refractivity (Wildman–Crippen MR) is 135 cm³/mol. The van der Waals surface area contributed by atoms with Crippen molar-refractivity contribution in [3.8, 4) is 11.5 Å². The quantitative estimate of drug-likeness (QED) is 0.230. The van der Waals surface area contributed by atoms with Crippen LogP contribution in [0.25, 0.3) is 0 Å². The van der Waals surface area contributed by atoms with Crippen LogP contribution in [0.15, 0.2) is 97.1 Å². The Kier molecular flexibility index (Phi) is 7.15. The van der Waals surface area contributed by atoms with Crippen LogP contribution in [0.5, 0.6) is 11.5 Å². The molecule has 0 saturated carbocycles. The summed E-state index contributed by atoms with van der Waals surface area (Å²) in [7, 11) is 0. The average Bonchev–Trinajstić information content (AvgIpc) is 2.90. The van der Waals surface area contributed by atoms with Crippen LogP contribution in [0.2, 0.25) is 0 Å². The Morgan fingerprint density at radius 3 is 1.27 bits per heavy atom. The van der Waals surface area contributed by atoms with Crippen molar-refractivity contribution in [2.45, 2.75) is 0 Å². The van der Waals surface area contributed by atoms with E-state index in [1.165, 1.54) is 60.7 Å². The summed E-state index contributed by atoms with van der Waals surface area (Å²) in [6.07, 6.45) is 0. The van der Waals surface area contributed by atoms with Gasteiger partial charge in [0.2, 0.25) is 0 Å². The number of nitrogens with zero attached hydrogens (tertiary/aromatic N) is 2. The van der Waals surface area contributed by atoms with Gasteiger partial charge in [-0.1, -0.05) is 24.3 Å². The van der Waals surface area contributed by atoms with E-state index in [0.717, 1.165) is 0 Å². The maximum absolute atomic E-state index is 12.5. The van der Waals surface area contributed by atoms with Crippen LogP contribution < -0.4 is 15.4 Å². The van der Waals surface area contributed by atoms with Crippen molar-refractivity contribution in [1.82, 2.24) is 0 Å². The number of carbonyl (C=O) groups is 2. The fourth-order valence-corrected chi connectivity index (χ4v) is 3.35. The van der Waals surface area contributed by atoms with E-state index < -0.39 is 21.7 Å². The Morgan fingerprint density at radius 1 is 0.568 bits per heavy atom. The first-order valence-corrected chi connectivity index (χ1v) is 10.8. The number of para-hydroxylation sites is 4. The molecule has 37 heavy (non-hydrogen) atoms. The molecule has 0 fully saturated rings. The number of amides is 2. The van der Waals surface area contributed by atoms with E-state index in [9.17, 15) is 29.8 Å². The molecule has 0 bridgehead atoms. The van der Waals surface area contributed by atoms with Crippen LogP contribution in [0.4, 0.5) is 22.7 Å². The summed E-state index contributed by atoms with van der Waals surface area (Å²) in [5.41, 5.74) is 0.289. The first-order chi connectivity index (χ1) is 17.8. The molecule has 0 aliphatic carbocycles. The van der Waals surface area contributed by atoms with E-state index in [2.05, 4.69) is 10.6 Å². The fourth-order valence-electron chi connectivity index (χ4n) is 3.35. The minimum absolute atomic E-state index is 0.0869. The third-order valence-corrected chi connectivity index (χ3v) is 5.17. The fraction of sp³-hybridized carbons (Fsp3) is 0. The lowest BCUT2D eigenvalue weighted by atomic mass is 10.2. The normalized spacial score (nSPS) is 10.3. The highest BCUT2D eigenvalue weighted by Gasteiger charge is 2.17. The largest absolute Gasteiger partial charge is 0.457 e. The Hall–Kier alpha value is -5.58. The summed E-state index contributed by atoms with van der Waals surface area (Å²) >= 11 is 0. The van der Waals surface area contributed by atoms with Gasteiger partial charge in [0.25, 0.3) is 23.2 Å². The summed E-state index contributed by atoms with van der Waals surface area (Å²) in [4.78, 5) is 46.1. The molecule has 0 unspecified atom stereocenters. The van der Waals surface area contributed by atoms with Crippen LogP contribution in [0, 0.1) is 20.2 Å². The number of hydrogen-bond acceptors (Lipinski definition) is 7. The van der Waals surface area contributed by atoms with Crippen molar-refractivity contribution >= 4 is 34.6 Å². The number of carbonyl (C=O) groups excluding carboxylic acids is 2. The molecule has 0 saturated heterocycles. The maximum atomic E-state index is 12.5. The Bertz CT molecular complexity index is 1370. The highest BCUT2D eigenvalue weighted by atomic mass is 16.6. The van der Waals surface area contributed by atoms with E-state index in [0.29, 0.717) is 11.5 Å². The number of nitro groups is 2. The molecular formula is C26H18N4O7. The number of rotatable bonds is 8. The van der Waals surface area contributed by atoms with Gasteiger partial charge >= 0.3 is 0 Å². The molecule has 11 heteroatoms. The van der Waals surface area contributed by atoms with Crippen molar-refractivity contribution in [2.75, 3.05) is 10.6 Å². The zero-order chi connectivity index (χ0) is 26.4. The van der Waals surface area contributed by atoms with E-state index in [-0.39, 0.29) is 33.9 Å². The molecule has 2 N–H and O–H groups in total. The molecule has 0 spiro atoms. The first-order valence-electron chi connectivity index (χ1n) is 10.8. The standard InChI is InChI=1S/C26H18N4O7/c31-25(27-21-5-1-3-7-23(21)29(33)34)17-9-13-19(14-10-17)37-20-15-11-18(12-16-20)26(32)28-22-6-2-4-8-24(22)30(35)36/h1-16H,(H,27,31)(H,28,32). The Balaban J connectivity index is 1.39. The molecule has 4 aromatic rings. The second kappa shape index (κ2) is 10.8. The molecule has 4 rings (SSSR count). The lowest BCUT2D eigenvalue weighted by molar-refractivity contribution is -0.384.